The van der Waals surface area contributed by atoms with E-state index in [0.717, 1.165) is 10.1 Å². The maximum absolute atomic E-state index is 14.3. The first-order valence-electron chi connectivity index (χ1n) is 9.01. The molecule has 1 aliphatic rings. The van der Waals surface area contributed by atoms with Crippen LogP contribution in [0.15, 0.2) is 41.2 Å². The maximum atomic E-state index is 14.3. The van der Waals surface area contributed by atoms with E-state index in [1.165, 1.54) is 24.1 Å². The number of aromatic nitrogens is 1. The van der Waals surface area contributed by atoms with Crippen molar-refractivity contribution in [3.8, 4) is 11.1 Å². The minimum atomic E-state index is -0.951. The van der Waals surface area contributed by atoms with Gasteiger partial charge in [-0.05, 0) is 23.6 Å². The van der Waals surface area contributed by atoms with Crippen LogP contribution in [0, 0.1) is 5.95 Å². The summed E-state index contributed by atoms with van der Waals surface area (Å²) in [5, 5.41) is 0. The van der Waals surface area contributed by atoms with Gasteiger partial charge in [-0.15, -0.1) is 0 Å². The van der Waals surface area contributed by atoms with Crippen molar-refractivity contribution < 1.29 is 19.3 Å². The van der Waals surface area contributed by atoms with Crippen LogP contribution in [-0.4, -0.2) is 40.7 Å². The zero-order valence-electron chi connectivity index (χ0n) is 15.5. The SMILES string of the molecule is C[C@@H](c1ccc(-c2ccc(=O)n(C)c2F)cc1)[C@H]([NH3+])C(=O)N1CC[C@H](F)C1. The Morgan fingerprint density at radius 1 is 1.22 bits per heavy atom. The highest BCUT2D eigenvalue weighted by Crippen LogP contribution is 2.26. The van der Waals surface area contributed by atoms with Crippen LogP contribution in [0.5, 0.6) is 0 Å². The lowest BCUT2D eigenvalue weighted by Gasteiger charge is -2.22. The average Bonchev–Trinajstić information content (AvgIpc) is 3.11. The molecule has 3 N–H and O–H groups in total. The van der Waals surface area contributed by atoms with Gasteiger partial charge in [0.2, 0.25) is 5.95 Å². The first kappa shape index (κ1) is 19.2. The molecule has 7 heteroatoms. The number of benzene rings is 1. The zero-order valence-corrected chi connectivity index (χ0v) is 15.5. The number of hydrogen-bond donors (Lipinski definition) is 1. The predicted octanol–water partition coefficient (Wildman–Crippen LogP) is 1.48. The number of nitrogens with zero attached hydrogens (tertiary/aromatic N) is 2. The highest BCUT2D eigenvalue weighted by molar-refractivity contribution is 5.81. The van der Waals surface area contributed by atoms with Crippen molar-refractivity contribution in [1.29, 1.82) is 0 Å². The largest absolute Gasteiger partial charge is 0.347 e. The number of quaternary nitrogens is 1. The monoisotopic (exact) mass is 376 g/mol. The molecule has 1 saturated heterocycles. The van der Waals surface area contributed by atoms with Crippen molar-refractivity contribution >= 4 is 5.91 Å². The Kier molecular flexibility index (Phi) is 5.41. The summed E-state index contributed by atoms with van der Waals surface area (Å²) in [7, 11) is 1.39. The Bertz CT molecular complexity index is 895. The van der Waals surface area contributed by atoms with Crippen LogP contribution in [0.4, 0.5) is 8.78 Å². The summed E-state index contributed by atoms with van der Waals surface area (Å²) < 4.78 is 28.6. The Morgan fingerprint density at radius 3 is 2.48 bits per heavy atom. The Labute approximate surface area is 156 Å². The lowest BCUT2D eigenvalue weighted by Crippen LogP contribution is -2.69. The molecule has 5 nitrogen and oxygen atoms in total. The van der Waals surface area contributed by atoms with E-state index in [2.05, 4.69) is 5.73 Å². The van der Waals surface area contributed by atoms with Gasteiger partial charge in [-0.3, -0.25) is 14.2 Å². The number of carbonyl (C=O) groups excluding carboxylic acids is 1. The molecule has 1 aromatic heterocycles. The van der Waals surface area contributed by atoms with Crippen LogP contribution in [0.2, 0.25) is 0 Å². The summed E-state index contributed by atoms with van der Waals surface area (Å²) in [5.41, 5.74) is 5.46. The smallest absolute Gasteiger partial charge is 0.281 e. The number of hydrogen-bond acceptors (Lipinski definition) is 2. The highest BCUT2D eigenvalue weighted by Gasteiger charge is 2.34. The lowest BCUT2D eigenvalue weighted by atomic mass is 9.91. The molecule has 0 aliphatic carbocycles. The molecule has 1 fully saturated rings. The van der Waals surface area contributed by atoms with E-state index in [9.17, 15) is 18.4 Å². The molecule has 2 heterocycles. The van der Waals surface area contributed by atoms with Gasteiger partial charge in [-0.25, -0.2) is 4.39 Å². The Hall–Kier alpha value is -2.54. The van der Waals surface area contributed by atoms with E-state index in [0.29, 0.717) is 24.1 Å². The number of likely N-dealkylation sites (tertiary alicyclic amines) is 1. The van der Waals surface area contributed by atoms with Crippen LogP contribution in [0.3, 0.4) is 0 Å². The maximum Gasteiger partial charge on any atom is 0.281 e. The summed E-state index contributed by atoms with van der Waals surface area (Å²) in [6, 6.07) is 9.46. The van der Waals surface area contributed by atoms with E-state index in [1.54, 1.807) is 12.1 Å². The number of rotatable bonds is 4. The third-order valence-electron chi connectivity index (χ3n) is 5.35. The van der Waals surface area contributed by atoms with Crippen molar-refractivity contribution in [3.63, 3.8) is 0 Å². The second kappa shape index (κ2) is 7.60. The van der Waals surface area contributed by atoms with Crippen LogP contribution >= 0.6 is 0 Å². The summed E-state index contributed by atoms with van der Waals surface area (Å²) in [5.74, 6) is -0.894. The van der Waals surface area contributed by atoms with Crippen molar-refractivity contribution in [3.05, 3.63) is 58.3 Å². The predicted molar refractivity (Wildman–Crippen MR) is 98.3 cm³/mol. The molecule has 3 atom stereocenters. The van der Waals surface area contributed by atoms with Crippen LogP contribution in [-0.2, 0) is 11.8 Å². The van der Waals surface area contributed by atoms with E-state index >= 15 is 0 Å². The summed E-state index contributed by atoms with van der Waals surface area (Å²) >= 11 is 0. The van der Waals surface area contributed by atoms with Crippen molar-refractivity contribution in [2.75, 3.05) is 13.1 Å². The van der Waals surface area contributed by atoms with E-state index in [1.807, 2.05) is 19.1 Å². The van der Waals surface area contributed by atoms with Crippen LogP contribution in [0.25, 0.3) is 11.1 Å². The van der Waals surface area contributed by atoms with Gasteiger partial charge in [-0.1, -0.05) is 31.2 Å². The third kappa shape index (κ3) is 3.78. The number of pyridine rings is 1. The molecule has 27 heavy (non-hydrogen) atoms. The number of amides is 1. The molecule has 144 valence electrons. The minimum Gasteiger partial charge on any atom is -0.347 e. The fourth-order valence-corrected chi connectivity index (χ4v) is 3.39. The molecular weight excluding hydrogens is 352 g/mol. The second-order valence-corrected chi connectivity index (χ2v) is 7.12. The molecule has 3 rings (SSSR count). The standard InChI is InChI=1S/C20H23F2N3O2/c1-12(18(23)20(27)25-10-9-15(21)11-25)13-3-5-14(6-4-13)16-7-8-17(26)24(2)19(16)22/h3-8,12,15,18H,9-11,23H2,1-2H3/p+1/t12-,15-,18-/m0/s1. The Morgan fingerprint density at radius 2 is 1.89 bits per heavy atom. The minimum absolute atomic E-state index is 0.141. The van der Waals surface area contributed by atoms with Crippen LogP contribution in [0.1, 0.15) is 24.8 Å². The molecule has 0 unspecified atom stereocenters. The zero-order chi connectivity index (χ0) is 19.7. The third-order valence-corrected chi connectivity index (χ3v) is 5.35. The first-order valence-corrected chi connectivity index (χ1v) is 9.01. The molecular formula is C20H24F2N3O2+. The van der Waals surface area contributed by atoms with E-state index in [-0.39, 0.29) is 18.4 Å². The quantitative estimate of drug-likeness (QED) is 0.821. The molecule has 0 radical (unpaired) electrons. The van der Waals surface area contributed by atoms with Gasteiger partial charge < -0.3 is 10.6 Å². The second-order valence-electron chi connectivity index (χ2n) is 7.12. The van der Waals surface area contributed by atoms with Gasteiger partial charge in [0.05, 0.1) is 6.54 Å². The first-order chi connectivity index (χ1) is 12.8. The topological polar surface area (TPSA) is 70.0 Å². The fourth-order valence-electron chi connectivity index (χ4n) is 3.39. The molecule has 2 aromatic rings. The van der Waals surface area contributed by atoms with Gasteiger partial charge >= 0.3 is 0 Å². The lowest BCUT2D eigenvalue weighted by molar-refractivity contribution is -0.410. The molecule has 1 aliphatic heterocycles. The van der Waals surface area contributed by atoms with E-state index in [4.69, 9.17) is 0 Å². The fraction of sp³-hybridized carbons (Fsp3) is 0.400. The molecule has 0 bridgehead atoms. The highest BCUT2D eigenvalue weighted by atomic mass is 19.1. The normalized spacial score (nSPS) is 19.1. The number of carbonyl (C=O) groups is 1. The molecule has 1 aromatic carbocycles. The Balaban J connectivity index is 1.78. The van der Waals surface area contributed by atoms with Gasteiger partial charge in [-0.2, -0.15) is 4.39 Å². The summed E-state index contributed by atoms with van der Waals surface area (Å²) in [4.78, 5) is 25.5. The number of halogens is 2. The van der Waals surface area contributed by atoms with Gasteiger partial charge in [0.25, 0.3) is 11.5 Å². The van der Waals surface area contributed by atoms with Gasteiger partial charge in [0.15, 0.2) is 6.04 Å². The van der Waals surface area contributed by atoms with Crippen molar-refractivity contribution in [2.24, 2.45) is 7.05 Å². The summed E-state index contributed by atoms with van der Waals surface area (Å²) in [6.07, 6.45) is -0.570. The average molecular weight is 376 g/mol. The summed E-state index contributed by atoms with van der Waals surface area (Å²) in [6.45, 7) is 2.48. The van der Waals surface area contributed by atoms with Gasteiger partial charge in [0, 0.05) is 31.1 Å². The van der Waals surface area contributed by atoms with Gasteiger partial charge in [0.1, 0.15) is 6.17 Å². The number of alkyl halides is 1. The molecule has 1 amide bonds. The van der Waals surface area contributed by atoms with Crippen molar-refractivity contribution in [1.82, 2.24) is 9.47 Å². The molecule has 0 saturated carbocycles. The molecule has 0 spiro atoms. The van der Waals surface area contributed by atoms with Crippen LogP contribution < -0.4 is 11.3 Å². The van der Waals surface area contributed by atoms with Crippen molar-refractivity contribution in [2.45, 2.75) is 31.5 Å². The van der Waals surface area contributed by atoms with E-state index < -0.39 is 23.7 Å².